The normalized spacial score (nSPS) is 10.7. The average Bonchev–Trinajstić information content (AvgIpc) is 2.83. The molecule has 0 spiro atoms. The van der Waals surface area contributed by atoms with Crippen molar-refractivity contribution in [3.05, 3.63) is 41.5 Å². The zero-order chi connectivity index (χ0) is 13.8. The number of nitrogens with zero attached hydrogens (tertiary/aromatic N) is 4. The lowest BCUT2D eigenvalue weighted by Gasteiger charge is -2.10. The first-order valence-electron chi connectivity index (χ1n) is 6.04. The summed E-state index contributed by atoms with van der Waals surface area (Å²) in [4.78, 5) is 15.7. The Morgan fingerprint density at radius 3 is 2.84 bits per heavy atom. The van der Waals surface area contributed by atoms with Gasteiger partial charge in [-0.2, -0.15) is 0 Å². The first-order chi connectivity index (χ1) is 9.13. The van der Waals surface area contributed by atoms with E-state index in [-0.39, 0.29) is 11.6 Å². The fourth-order valence-electron chi connectivity index (χ4n) is 1.92. The number of aromatic nitrogens is 4. The number of ether oxygens (including phenoxy) is 1. The Balaban J connectivity index is 2.36. The van der Waals surface area contributed by atoms with Gasteiger partial charge < -0.3 is 4.74 Å². The Morgan fingerprint density at radius 2 is 2.26 bits per heavy atom. The van der Waals surface area contributed by atoms with Crippen molar-refractivity contribution in [1.29, 1.82) is 0 Å². The van der Waals surface area contributed by atoms with E-state index in [0.717, 1.165) is 11.3 Å². The molecule has 19 heavy (non-hydrogen) atoms. The average molecular weight is 260 g/mol. The predicted octanol–water partition coefficient (Wildman–Crippen LogP) is 1.63. The largest absolute Gasteiger partial charge is 0.464 e. The van der Waals surface area contributed by atoms with Gasteiger partial charge in [-0.1, -0.05) is 25.1 Å². The Bertz CT molecular complexity index is 563. The van der Waals surface area contributed by atoms with Crippen molar-refractivity contribution in [3.63, 3.8) is 0 Å². The molecule has 0 unspecified atom stereocenters. The number of methoxy groups -OCH3 is 1. The van der Waals surface area contributed by atoms with Gasteiger partial charge in [-0.3, -0.25) is 4.98 Å². The third-order valence-corrected chi connectivity index (χ3v) is 2.75. The minimum Gasteiger partial charge on any atom is -0.464 e. The van der Waals surface area contributed by atoms with Crippen LogP contribution in [0.1, 0.15) is 41.5 Å². The zero-order valence-electron chi connectivity index (χ0n) is 11.2. The van der Waals surface area contributed by atoms with Gasteiger partial charge in [-0.25, -0.2) is 9.48 Å². The molecule has 6 nitrogen and oxygen atoms in total. The SMILES string of the molecule is COC(=O)c1nnn(Cc2cccnc2)c1C(C)C. The van der Waals surface area contributed by atoms with Gasteiger partial charge in [-0.05, 0) is 17.5 Å². The summed E-state index contributed by atoms with van der Waals surface area (Å²) in [5.41, 5.74) is 2.06. The highest BCUT2D eigenvalue weighted by Crippen LogP contribution is 2.19. The first kappa shape index (κ1) is 13.2. The van der Waals surface area contributed by atoms with Crippen molar-refractivity contribution >= 4 is 5.97 Å². The molecule has 0 bridgehead atoms. The van der Waals surface area contributed by atoms with E-state index in [0.29, 0.717) is 6.54 Å². The van der Waals surface area contributed by atoms with Gasteiger partial charge >= 0.3 is 5.97 Å². The van der Waals surface area contributed by atoms with Crippen LogP contribution in [0.15, 0.2) is 24.5 Å². The first-order valence-corrected chi connectivity index (χ1v) is 6.04. The number of carbonyl (C=O) groups excluding carboxylic acids is 1. The van der Waals surface area contributed by atoms with Gasteiger partial charge in [0.1, 0.15) is 0 Å². The number of pyridine rings is 1. The quantitative estimate of drug-likeness (QED) is 0.781. The van der Waals surface area contributed by atoms with Gasteiger partial charge in [-0.15, -0.1) is 5.10 Å². The second-order valence-corrected chi connectivity index (χ2v) is 4.49. The molecule has 0 N–H and O–H groups in total. The summed E-state index contributed by atoms with van der Waals surface area (Å²) in [5, 5.41) is 7.96. The highest BCUT2D eigenvalue weighted by molar-refractivity contribution is 5.88. The molecule has 0 saturated heterocycles. The van der Waals surface area contributed by atoms with Crippen molar-refractivity contribution in [2.75, 3.05) is 7.11 Å². The maximum atomic E-state index is 11.7. The number of esters is 1. The molecule has 2 aromatic rings. The number of hydrogen-bond donors (Lipinski definition) is 0. The van der Waals surface area contributed by atoms with Crippen molar-refractivity contribution in [2.45, 2.75) is 26.3 Å². The van der Waals surface area contributed by atoms with Crippen LogP contribution in [0.25, 0.3) is 0 Å². The fraction of sp³-hybridized carbons (Fsp3) is 0.385. The summed E-state index contributed by atoms with van der Waals surface area (Å²) >= 11 is 0. The second-order valence-electron chi connectivity index (χ2n) is 4.49. The maximum absolute atomic E-state index is 11.7. The molecular formula is C13H16N4O2. The van der Waals surface area contributed by atoms with Crippen LogP contribution in [0.2, 0.25) is 0 Å². The molecule has 0 amide bonds. The molecule has 2 rings (SSSR count). The molecule has 6 heteroatoms. The monoisotopic (exact) mass is 260 g/mol. The van der Waals surface area contributed by atoms with E-state index < -0.39 is 5.97 Å². The van der Waals surface area contributed by atoms with E-state index in [1.54, 1.807) is 17.1 Å². The summed E-state index contributed by atoms with van der Waals surface area (Å²) in [7, 11) is 1.34. The van der Waals surface area contributed by atoms with E-state index in [1.807, 2.05) is 26.0 Å². The molecule has 0 radical (unpaired) electrons. The summed E-state index contributed by atoms with van der Waals surface area (Å²) in [6.45, 7) is 4.51. The van der Waals surface area contributed by atoms with E-state index in [2.05, 4.69) is 15.3 Å². The molecule has 0 saturated carbocycles. The van der Waals surface area contributed by atoms with Crippen LogP contribution in [-0.2, 0) is 11.3 Å². The topological polar surface area (TPSA) is 69.9 Å². The number of carbonyl (C=O) groups is 1. The zero-order valence-corrected chi connectivity index (χ0v) is 11.2. The van der Waals surface area contributed by atoms with Crippen LogP contribution >= 0.6 is 0 Å². The minimum absolute atomic E-state index is 0.126. The van der Waals surface area contributed by atoms with Crippen LogP contribution in [-0.4, -0.2) is 33.1 Å². The van der Waals surface area contributed by atoms with E-state index in [9.17, 15) is 4.79 Å². The molecule has 0 aromatic carbocycles. The van der Waals surface area contributed by atoms with Crippen LogP contribution in [0, 0.1) is 0 Å². The van der Waals surface area contributed by atoms with Crippen molar-refractivity contribution in [1.82, 2.24) is 20.0 Å². The Kier molecular flexibility index (Phi) is 3.89. The van der Waals surface area contributed by atoms with Crippen LogP contribution in [0.5, 0.6) is 0 Å². The summed E-state index contributed by atoms with van der Waals surface area (Å²) < 4.78 is 6.44. The Morgan fingerprint density at radius 1 is 1.47 bits per heavy atom. The molecule has 100 valence electrons. The van der Waals surface area contributed by atoms with Crippen molar-refractivity contribution in [2.24, 2.45) is 0 Å². The third-order valence-electron chi connectivity index (χ3n) is 2.75. The molecule has 0 atom stereocenters. The lowest BCUT2D eigenvalue weighted by molar-refractivity contribution is 0.0592. The van der Waals surface area contributed by atoms with Crippen LogP contribution in [0.4, 0.5) is 0 Å². The fourth-order valence-corrected chi connectivity index (χ4v) is 1.92. The number of hydrogen-bond acceptors (Lipinski definition) is 5. The summed E-state index contributed by atoms with van der Waals surface area (Å²) in [6, 6.07) is 3.82. The molecule has 0 aliphatic carbocycles. The molecule has 0 aliphatic rings. The van der Waals surface area contributed by atoms with Gasteiger partial charge in [0.25, 0.3) is 0 Å². The van der Waals surface area contributed by atoms with E-state index >= 15 is 0 Å². The minimum atomic E-state index is -0.457. The van der Waals surface area contributed by atoms with Crippen molar-refractivity contribution < 1.29 is 9.53 Å². The van der Waals surface area contributed by atoms with E-state index in [1.165, 1.54) is 7.11 Å². The number of rotatable bonds is 4. The lowest BCUT2D eigenvalue weighted by atomic mass is 10.1. The predicted molar refractivity (Wildman–Crippen MR) is 68.8 cm³/mol. The van der Waals surface area contributed by atoms with Gasteiger partial charge in [0, 0.05) is 12.4 Å². The van der Waals surface area contributed by atoms with Crippen LogP contribution in [0.3, 0.4) is 0 Å². The Hall–Kier alpha value is -2.24. The van der Waals surface area contributed by atoms with Crippen LogP contribution < -0.4 is 0 Å². The lowest BCUT2D eigenvalue weighted by Crippen LogP contribution is -2.12. The smallest absolute Gasteiger partial charge is 0.360 e. The standard InChI is InChI=1S/C13H16N4O2/c1-9(2)12-11(13(18)19-3)15-16-17(12)8-10-5-4-6-14-7-10/h4-7,9H,8H2,1-3H3. The maximum Gasteiger partial charge on any atom is 0.360 e. The summed E-state index contributed by atoms with van der Waals surface area (Å²) in [5.74, 6) is -0.332. The van der Waals surface area contributed by atoms with Crippen molar-refractivity contribution in [3.8, 4) is 0 Å². The van der Waals surface area contributed by atoms with Gasteiger partial charge in [0.2, 0.25) is 0 Å². The third kappa shape index (κ3) is 2.78. The van der Waals surface area contributed by atoms with Gasteiger partial charge in [0.05, 0.1) is 19.3 Å². The summed E-state index contributed by atoms with van der Waals surface area (Å²) in [6.07, 6.45) is 3.48. The highest BCUT2D eigenvalue weighted by atomic mass is 16.5. The molecule has 2 aromatic heterocycles. The second kappa shape index (κ2) is 5.60. The Labute approximate surface area is 111 Å². The molecule has 0 aliphatic heterocycles. The highest BCUT2D eigenvalue weighted by Gasteiger charge is 2.22. The van der Waals surface area contributed by atoms with E-state index in [4.69, 9.17) is 4.74 Å². The molecule has 2 heterocycles. The van der Waals surface area contributed by atoms with Gasteiger partial charge in [0.15, 0.2) is 5.69 Å². The molecule has 0 fully saturated rings. The molecular weight excluding hydrogens is 244 g/mol.